The van der Waals surface area contributed by atoms with E-state index in [4.69, 9.17) is 5.73 Å². The molecule has 0 saturated heterocycles. The number of rotatable bonds is 3. The van der Waals surface area contributed by atoms with Crippen molar-refractivity contribution in [3.63, 3.8) is 0 Å². The highest BCUT2D eigenvalue weighted by atomic mass is 32.2. The molecule has 1 rings (SSSR count). The maximum atomic E-state index is 11.6. The SMILES string of the molecule is CC(=O)NS(=O)(=O)c1cccc(NC(N)=O)c1. The number of carbonyl (C=O) groups excluding carboxylic acids is 2. The zero-order valence-electron chi connectivity index (χ0n) is 8.93. The van der Waals surface area contributed by atoms with E-state index in [1.54, 1.807) is 4.72 Å². The molecular weight excluding hydrogens is 246 g/mol. The van der Waals surface area contributed by atoms with Crippen molar-refractivity contribution in [1.82, 2.24) is 4.72 Å². The fraction of sp³-hybridized carbons (Fsp3) is 0.111. The summed E-state index contributed by atoms with van der Waals surface area (Å²) < 4.78 is 25.0. The third-order valence-electron chi connectivity index (χ3n) is 1.69. The van der Waals surface area contributed by atoms with Crippen molar-refractivity contribution in [3.05, 3.63) is 24.3 Å². The lowest BCUT2D eigenvalue weighted by atomic mass is 10.3. The lowest BCUT2D eigenvalue weighted by Crippen LogP contribution is -2.28. The van der Waals surface area contributed by atoms with Gasteiger partial charge in [-0.2, -0.15) is 0 Å². The molecule has 0 saturated carbocycles. The minimum absolute atomic E-state index is 0.140. The first-order chi connectivity index (χ1) is 7.81. The monoisotopic (exact) mass is 257 g/mol. The molecule has 0 spiro atoms. The number of benzene rings is 1. The molecule has 0 heterocycles. The van der Waals surface area contributed by atoms with Gasteiger partial charge in [-0.05, 0) is 18.2 Å². The fourth-order valence-electron chi connectivity index (χ4n) is 1.13. The van der Waals surface area contributed by atoms with Crippen LogP contribution in [0.4, 0.5) is 10.5 Å². The van der Waals surface area contributed by atoms with Gasteiger partial charge in [0.1, 0.15) is 0 Å². The van der Waals surface area contributed by atoms with E-state index < -0.39 is 22.0 Å². The van der Waals surface area contributed by atoms with Crippen molar-refractivity contribution in [1.29, 1.82) is 0 Å². The Balaban J connectivity index is 3.07. The predicted octanol–water partition coefficient (Wildman–Crippen LogP) is 0.00200. The third kappa shape index (κ3) is 3.76. The molecule has 1 aromatic rings. The zero-order valence-corrected chi connectivity index (χ0v) is 9.74. The number of primary amides is 1. The maximum absolute atomic E-state index is 11.6. The number of carbonyl (C=O) groups is 2. The first-order valence-corrected chi connectivity index (χ1v) is 5.99. The molecule has 4 N–H and O–H groups in total. The van der Waals surface area contributed by atoms with Gasteiger partial charge in [0, 0.05) is 12.6 Å². The van der Waals surface area contributed by atoms with Gasteiger partial charge in [-0.1, -0.05) is 6.07 Å². The van der Waals surface area contributed by atoms with Crippen LogP contribution in [0.15, 0.2) is 29.2 Å². The van der Waals surface area contributed by atoms with Gasteiger partial charge < -0.3 is 11.1 Å². The van der Waals surface area contributed by atoms with Crippen LogP contribution in [0.5, 0.6) is 0 Å². The van der Waals surface area contributed by atoms with E-state index in [9.17, 15) is 18.0 Å². The number of urea groups is 1. The van der Waals surface area contributed by atoms with Gasteiger partial charge in [-0.3, -0.25) is 4.79 Å². The van der Waals surface area contributed by atoms with E-state index in [1.165, 1.54) is 24.3 Å². The van der Waals surface area contributed by atoms with Gasteiger partial charge >= 0.3 is 6.03 Å². The summed E-state index contributed by atoms with van der Waals surface area (Å²) in [7, 11) is -3.91. The minimum Gasteiger partial charge on any atom is -0.351 e. The lowest BCUT2D eigenvalue weighted by Gasteiger charge is -2.06. The van der Waals surface area contributed by atoms with Crippen LogP contribution in [0.2, 0.25) is 0 Å². The molecule has 92 valence electrons. The van der Waals surface area contributed by atoms with E-state index in [-0.39, 0.29) is 10.6 Å². The number of nitrogens with one attached hydrogen (secondary N) is 2. The molecule has 0 aromatic heterocycles. The number of nitrogens with two attached hydrogens (primary N) is 1. The summed E-state index contributed by atoms with van der Waals surface area (Å²) in [6, 6.07) is 4.56. The van der Waals surface area contributed by atoms with Crippen molar-refractivity contribution >= 4 is 27.6 Å². The summed E-state index contributed by atoms with van der Waals surface area (Å²) in [6.45, 7) is 1.09. The number of hydrogen-bond acceptors (Lipinski definition) is 4. The second-order valence-corrected chi connectivity index (χ2v) is 4.86. The normalized spacial score (nSPS) is 10.6. The molecule has 8 heteroatoms. The highest BCUT2D eigenvalue weighted by molar-refractivity contribution is 7.90. The Morgan fingerprint density at radius 3 is 2.47 bits per heavy atom. The van der Waals surface area contributed by atoms with Gasteiger partial charge in [0.15, 0.2) is 0 Å². The summed E-state index contributed by atoms with van der Waals surface area (Å²) in [4.78, 5) is 21.2. The van der Waals surface area contributed by atoms with Gasteiger partial charge in [0.05, 0.1) is 4.90 Å². The summed E-state index contributed by atoms with van der Waals surface area (Å²) in [5.74, 6) is -0.696. The predicted molar refractivity (Wildman–Crippen MR) is 60.7 cm³/mol. The second kappa shape index (κ2) is 4.83. The highest BCUT2D eigenvalue weighted by Gasteiger charge is 2.15. The van der Waals surface area contributed by atoms with Crippen molar-refractivity contribution in [2.24, 2.45) is 5.73 Å². The second-order valence-electron chi connectivity index (χ2n) is 3.18. The average molecular weight is 257 g/mol. The van der Waals surface area contributed by atoms with Crippen molar-refractivity contribution in [2.75, 3.05) is 5.32 Å². The number of amides is 3. The molecule has 0 aliphatic carbocycles. The van der Waals surface area contributed by atoms with Gasteiger partial charge in [0.2, 0.25) is 5.91 Å². The Labute approximate surface area is 98.0 Å². The Bertz CT molecular complexity index is 553. The molecule has 0 aliphatic rings. The van der Waals surface area contributed by atoms with Crippen LogP contribution in [0.25, 0.3) is 0 Å². The summed E-state index contributed by atoms with van der Waals surface area (Å²) in [5.41, 5.74) is 5.12. The van der Waals surface area contributed by atoms with Crippen molar-refractivity contribution in [3.8, 4) is 0 Å². The fourth-order valence-corrected chi connectivity index (χ4v) is 2.17. The molecule has 0 radical (unpaired) electrons. The molecule has 1 aromatic carbocycles. The third-order valence-corrected chi connectivity index (χ3v) is 3.12. The smallest absolute Gasteiger partial charge is 0.316 e. The Hall–Kier alpha value is -2.09. The number of anilines is 1. The molecule has 3 amide bonds. The van der Waals surface area contributed by atoms with Gasteiger partial charge in [-0.15, -0.1) is 0 Å². The van der Waals surface area contributed by atoms with E-state index >= 15 is 0 Å². The van der Waals surface area contributed by atoms with Crippen molar-refractivity contribution in [2.45, 2.75) is 11.8 Å². The molecule has 0 aliphatic heterocycles. The molecule has 0 unspecified atom stereocenters. The standard InChI is InChI=1S/C9H11N3O4S/c1-6(13)12-17(15,16)8-4-2-3-7(5-8)11-9(10)14/h2-5H,1H3,(H,12,13)(H3,10,11,14). The van der Waals surface area contributed by atoms with Crippen LogP contribution in [-0.2, 0) is 14.8 Å². The van der Waals surface area contributed by atoms with E-state index in [0.717, 1.165) is 6.92 Å². The topological polar surface area (TPSA) is 118 Å². The van der Waals surface area contributed by atoms with Crippen LogP contribution in [0.1, 0.15) is 6.92 Å². The first kappa shape index (κ1) is 13.0. The molecule has 0 atom stereocenters. The van der Waals surface area contributed by atoms with E-state index in [0.29, 0.717) is 0 Å². The van der Waals surface area contributed by atoms with Gasteiger partial charge in [-0.25, -0.2) is 17.9 Å². The zero-order chi connectivity index (χ0) is 13.1. The lowest BCUT2D eigenvalue weighted by molar-refractivity contribution is -0.117. The quantitative estimate of drug-likeness (QED) is 0.706. The Morgan fingerprint density at radius 1 is 1.29 bits per heavy atom. The summed E-state index contributed by atoms with van der Waals surface area (Å²) >= 11 is 0. The minimum atomic E-state index is -3.91. The Morgan fingerprint density at radius 2 is 1.94 bits per heavy atom. The average Bonchev–Trinajstić information content (AvgIpc) is 2.15. The molecule has 0 bridgehead atoms. The highest BCUT2D eigenvalue weighted by Crippen LogP contribution is 2.14. The number of sulfonamides is 1. The maximum Gasteiger partial charge on any atom is 0.316 e. The van der Waals surface area contributed by atoms with Crippen LogP contribution < -0.4 is 15.8 Å². The van der Waals surface area contributed by atoms with Crippen LogP contribution >= 0.6 is 0 Å². The molecule has 17 heavy (non-hydrogen) atoms. The Kier molecular flexibility index (Phi) is 3.69. The van der Waals surface area contributed by atoms with Crippen molar-refractivity contribution < 1.29 is 18.0 Å². The van der Waals surface area contributed by atoms with E-state index in [1.807, 2.05) is 0 Å². The largest absolute Gasteiger partial charge is 0.351 e. The molecule has 0 fully saturated rings. The van der Waals surface area contributed by atoms with E-state index in [2.05, 4.69) is 5.32 Å². The molecular formula is C9H11N3O4S. The molecule has 7 nitrogen and oxygen atoms in total. The summed E-state index contributed by atoms with van der Waals surface area (Å²) in [5, 5.41) is 2.23. The van der Waals surface area contributed by atoms with Crippen LogP contribution in [0.3, 0.4) is 0 Å². The first-order valence-electron chi connectivity index (χ1n) is 4.51. The van der Waals surface area contributed by atoms with Gasteiger partial charge in [0.25, 0.3) is 10.0 Å². The number of hydrogen-bond donors (Lipinski definition) is 3. The summed E-state index contributed by atoms with van der Waals surface area (Å²) in [6.07, 6.45) is 0. The van der Waals surface area contributed by atoms with Crippen LogP contribution in [-0.4, -0.2) is 20.4 Å². The van der Waals surface area contributed by atoms with Crippen LogP contribution in [0, 0.1) is 0 Å².